The fourth-order valence-corrected chi connectivity index (χ4v) is 3.65. The van der Waals surface area contributed by atoms with Crippen LogP contribution in [0, 0.1) is 0 Å². The van der Waals surface area contributed by atoms with E-state index in [0.717, 1.165) is 4.90 Å². The van der Waals surface area contributed by atoms with Gasteiger partial charge in [-0.1, -0.05) is 0 Å². The third-order valence-electron chi connectivity index (χ3n) is 3.65. The normalized spacial score (nSPS) is 13.2. The lowest BCUT2D eigenvalue weighted by molar-refractivity contribution is -0.119. The number of sulfonamides is 1. The zero-order valence-corrected chi connectivity index (χ0v) is 15.9. The van der Waals surface area contributed by atoms with E-state index < -0.39 is 28.5 Å². The first kappa shape index (κ1) is 19.9. The van der Waals surface area contributed by atoms with Crippen molar-refractivity contribution in [2.75, 3.05) is 23.0 Å². The summed E-state index contributed by atoms with van der Waals surface area (Å²) < 4.78 is 27.4. The quantitative estimate of drug-likeness (QED) is 0.615. The molecule has 9 nitrogen and oxygen atoms in total. The standard InChI is InChI=1S/C17H15N3O6S2/c18-28(24,25)12-4-2-11(3-5-12)19-15(21)8-26-17(23)10-1-6-14-13(7-10)20-16(22)9-27-14/h1-7H,8-9H2,(H,19,21)(H,20,22)(H2,18,24,25). The van der Waals surface area contributed by atoms with Crippen LogP contribution in [-0.4, -0.2) is 38.6 Å². The van der Waals surface area contributed by atoms with Crippen LogP contribution in [0.1, 0.15) is 10.4 Å². The molecule has 28 heavy (non-hydrogen) atoms. The molecule has 11 heteroatoms. The van der Waals surface area contributed by atoms with Gasteiger partial charge in [0.1, 0.15) is 0 Å². The van der Waals surface area contributed by atoms with Gasteiger partial charge in [-0.3, -0.25) is 9.59 Å². The molecule has 0 saturated heterocycles. The van der Waals surface area contributed by atoms with Crippen LogP contribution < -0.4 is 15.8 Å². The van der Waals surface area contributed by atoms with Crippen molar-refractivity contribution in [2.24, 2.45) is 5.14 Å². The van der Waals surface area contributed by atoms with Crippen LogP contribution in [0.25, 0.3) is 0 Å². The number of hydrogen-bond donors (Lipinski definition) is 3. The van der Waals surface area contributed by atoms with Gasteiger partial charge in [0.2, 0.25) is 15.9 Å². The van der Waals surface area contributed by atoms with Crippen molar-refractivity contribution >= 4 is 50.9 Å². The smallest absolute Gasteiger partial charge is 0.338 e. The van der Waals surface area contributed by atoms with E-state index in [1.807, 2.05) is 0 Å². The zero-order chi connectivity index (χ0) is 20.3. The van der Waals surface area contributed by atoms with Crippen LogP contribution in [0.3, 0.4) is 0 Å². The molecule has 0 unspecified atom stereocenters. The molecular formula is C17H15N3O6S2. The third kappa shape index (κ3) is 4.88. The number of amides is 2. The fourth-order valence-electron chi connectivity index (χ4n) is 2.35. The van der Waals surface area contributed by atoms with Crippen molar-refractivity contribution in [3.63, 3.8) is 0 Å². The summed E-state index contributed by atoms with van der Waals surface area (Å²) in [6.07, 6.45) is 0. The maximum absolute atomic E-state index is 12.1. The number of thioether (sulfide) groups is 1. The highest BCUT2D eigenvalue weighted by Gasteiger charge is 2.18. The monoisotopic (exact) mass is 421 g/mol. The Kier molecular flexibility index (Phi) is 5.68. The molecule has 0 radical (unpaired) electrons. The average Bonchev–Trinajstić information content (AvgIpc) is 2.65. The Morgan fingerprint density at radius 1 is 1.18 bits per heavy atom. The summed E-state index contributed by atoms with van der Waals surface area (Å²) in [5.41, 5.74) is 1.05. The molecule has 0 aliphatic carbocycles. The average molecular weight is 421 g/mol. The van der Waals surface area contributed by atoms with Crippen LogP contribution in [0.5, 0.6) is 0 Å². The molecule has 0 bridgehead atoms. The number of nitrogens with one attached hydrogen (secondary N) is 2. The van der Waals surface area contributed by atoms with Gasteiger partial charge in [0.15, 0.2) is 6.61 Å². The predicted octanol–water partition coefficient (Wildman–Crippen LogP) is 1.17. The minimum atomic E-state index is -3.82. The molecular weight excluding hydrogens is 406 g/mol. The Balaban J connectivity index is 1.56. The lowest BCUT2D eigenvalue weighted by atomic mass is 10.2. The Labute approximate surface area is 164 Å². The maximum atomic E-state index is 12.1. The summed E-state index contributed by atoms with van der Waals surface area (Å²) in [6, 6.07) is 9.96. The second-order valence-electron chi connectivity index (χ2n) is 5.74. The van der Waals surface area contributed by atoms with Gasteiger partial charge in [0.25, 0.3) is 5.91 Å². The van der Waals surface area contributed by atoms with Crippen molar-refractivity contribution in [1.29, 1.82) is 0 Å². The van der Waals surface area contributed by atoms with Crippen molar-refractivity contribution in [3.8, 4) is 0 Å². The highest BCUT2D eigenvalue weighted by atomic mass is 32.2. The van der Waals surface area contributed by atoms with Gasteiger partial charge in [0, 0.05) is 10.6 Å². The molecule has 0 saturated carbocycles. The minimum Gasteiger partial charge on any atom is -0.452 e. The number of ether oxygens (including phenoxy) is 1. The van der Waals surface area contributed by atoms with E-state index in [-0.39, 0.29) is 16.4 Å². The van der Waals surface area contributed by atoms with E-state index in [1.165, 1.54) is 42.1 Å². The van der Waals surface area contributed by atoms with Gasteiger partial charge in [-0.25, -0.2) is 18.4 Å². The van der Waals surface area contributed by atoms with Crippen molar-refractivity contribution in [2.45, 2.75) is 9.79 Å². The minimum absolute atomic E-state index is 0.0883. The summed E-state index contributed by atoms with van der Waals surface area (Å²) in [4.78, 5) is 36.2. The number of anilines is 2. The van der Waals surface area contributed by atoms with Crippen molar-refractivity contribution < 1.29 is 27.5 Å². The largest absolute Gasteiger partial charge is 0.452 e. The second-order valence-corrected chi connectivity index (χ2v) is 8.32. The number of fused-ring (bicyclic) bond motifs is 1. The Bertz CT molecular complexity index is 1050. The van der Waals surface area contributed by atoms with Gasteiger partial charge in [-0.2, -0.15) is 0 Å². The van der Waals surface area contributed by atoms with Gasteiger partial charge in [-0.05, 0) is 42.5 Å². The molecule has 1 aliphatic heterocycles. The van der Waals surface area contributed by atoms with Crippen LogP contribution in [0.2, 0.25) is 0 Å². The molecule has 0 aromatic heterocycles. The zero-order valence-electron chi connectivity index (χ0n) is 14.3. The Hall–Kier alpha value is -2.89. The number of rotatable bonds is 5. The summed E-state index contributed by atoms with van der Waals surface area (Å²) in [7, 11) is -3.82. The summed E-state index contributed by atoms with van der Waals surface area (Å²) in [6.45, 7) is -0.534. The number of carbonyl (C=O) groups excluding carboxylic acids is 3. The third-order valence-corrected chi connectivity index (χ3v) is 5.65. The van der Waals surface area contributed by atoms with E-state index in [9.17, 15) is 22.8 Å². The summed E-state index contributed by atoms with van der Waals surface area (Å²) in [5, 5.41) is 10.1. The number of benzene rings is 2. The van der Waals surface area contributed by atoms with Gasteiger partial charge in [0.05, 0.1) is 21.9 Å². The lowest BCUT2D eigenvalue weighted by Gasteiger charge is -2.16. The molecule has 0 atom stereocenters. The van der Waals surface area contributed by atoms with Crippen molar-refractivity contribution in [3.05, 3.63) is 48.0 Å². The molecule has 0 fully saturated rings. The molecule has 4 N–H and O–H groups in total. The first-order valence-electron chi connectivity index (χ1n) is 7.89. The van der Waals surface area contributed by atoms with E-state index in [0.29, 0.717) is 17.1 Å². The number of esters is 1. The topological polar surface area (TPSA) is 145 Å². The highest BCUT2D eigenvalue weighted by Crippen LogP contribution is 2.32. The number of hydrogen-bond acceptors (Lipinski definition) is 7. The predicted molar refractivity (Wildman–Crippen MR) is 103 cm³/mol. The van der Waals surface area contributed by atoms with Gasteiger partial charge < -0.3 is 15.4 Å². The molecule has 3 rings (SSSR count). The van der Waals surface area contributed by atoms with Crippen LogP contribution >= 0.6 is 11.8 Å². The molecule has 0 spiro atoms. The summed E-state index contributed by atoms with van der Waals surface area (Å²) in [5.74, 6) is -1.16. The van der Waals surface area contributed by atoms with Crippen LogP contribution in [0.4, 0.5) is 11.4 Å². The molecule has 2 aromatic rings. The SMILES string of the molecule is NS(=O)(=O)c1ccc(NC(=O)COC(=O)c2ccc3c(c2)NC(=O)CS3)cc1. The number of nitrogens with two attached hydrogens (primary N) is 1. The highest BCUT2D eigenvalue weighted by molar-refractivity contribution is 8.00. The van der Waals surface area contributed by atoms with Gasteiger partial charge >= 0.3 is 5.97 Å². The van der Waals surface area contributed by atoms with Crippen molar-refractivity contribution in [1.82, 2.24) is 0 Å². The Morgan fingerprint density at radius 2 is 1.89 bits per heavy atom. The lowest BCUT2D eigenvalue weighted by Crippen LogP contribution is -2.22. The second kappa shape index (κ2) is 8.00. The Morgan fingerprint density at radius 3 is 2.57 bits per heavy atom. The summed E-state index contributed by atoms with van der Waals surface area (Å²) >= 11 is 1.37. The first-order chi connectivity index (χ1) is 13.2. The molecule has 1 aliphatic rings. The van der Waals surface area contributed by atoms with E-state index in [4.69, 9.17) is 9.88 Å². The molecule has 2 amide bonds. The number of primary sulfonamides is 1. The molecule has 1 heterocycles. The number of carbonyl (C=O) groups is 3. The van der Waals surface area contributed by atoms with Gasteiger partial charge in [-0.15, -0.1) is 11.8 Å². The first-order valence-corrected chi connectivity index (χ1v) is 10.4. The van der Waals surface area contributed by atoms with Crippen LogP contribution in [0.15, 0.2) is 52.3 Å². The molecule has 146 valence electrons. The van der Waals surface area contributed by atoms with E-state index >= 15 is 0 Å². The van der Waals surface area contributed by atoms with E-state index in [2.05, 4.69) is 10.6 Å². The van der Waals surface area contributed by atoms with Crippen LogP contribution in [-0.2, 0) is 24.3 Å². The fraction of sp³-hybridized carbons (Fsp3) is 0.118. The maximum Gasteiger partial charge on any atom is 0.338 e. The van der Waals surface area contributed by atoms with E-state index in [1.54, 1.807) is 12.1 Å². The molecule has 2 aromatic carbocycles.